The Bertz CT molecular complexity index is 1600. The van der Waals surface area contributed by atoms with Crippen LogP contribution < -0.4 is 11.3 Å². The van der Waals surface area contributed by atoms with E-state index in [9.17, 15) is 4.79 Å². The Morgan fingerprint density at radius 2 is 1.90 bits per heavy atom. The minimum Gasteiger partial charge on any atom is -0.399 e. The monoisotopic (exact) mass is 404 g/mol. The molecule has 0 atom stereocenters. The van der Waals surface area contributed by atoms with E-state index in [1.54, 1.807) is 35.2 Å². The average Bonchev–Trinajstić information content (AvgIpc) is 2.78. The summed E-state index contributed by atoms with van der Waals surface area (Å²) in [6.45, 7) is 1.84. The highest BCUT2D eigenvalue weighted by Gasteiger charge is 2.13. The largest absolute Gasteiger partial charge is 0.399 e. The van der Waals surface area contributed by atoms with Crippen LogP contribution in [0.4, 0.5) is 5.69 Å². The predicted octanol–water partition coefficient (Wildman–Crippen LogP) is 3.76. The molecule has 0 unspecified atom stereocenters. The van der Waals surface area contributed by atoms with Crippen LogP contribution in [0.1, 0.15) is 11.3 Å². The number of aryl methyl sites for hydroxylation is 1. The summed E-state index contributed by atoms with van der Waals surface area (Å²) in [4.78, 5) is 26.5. The summed E-state index contributed by atoms with van der Waals surface area (Å²) in [5.74, 6) is 0. The molecule has 7 heteroatoms. The number of fused-ring (bicyclic) bond motifs is 3. The second kappa shape index (κ2) is 7.04. The van der Waals surface area contributed by atoms with Crippen molar-refractivity contribution < 1.29 is 0 Å². The Kier molecular flexibility index (Phi) is 4.19. The number of nitriles is 1. The number of nitrogens with two attached hydrogens (primary N) is 1. The summed E-state index contributed by atoms with van der Waals surface area (Å²) < 4.78 is 1.61. The lowest BCUT2D eigenvalue weighted by Gasteiger charge is -2.13. The number of aromatic nitrogens is 4. The zero-order valence-corrected chi connectivity index (χ0v) is 16.6. The molecule has 5 rings (SSSR count). The summed E-state index contributed by atoms with van der Waals surface area (Å²) in [6.07, 6.45) is 3.36. The van der Waals surface area contributed by atoms with Crippen LogP contribution >= 0.6 is 0 Å². The van der Waals surface area contributed by atoms with Crippen molar-refractivity contribution in [3.8, 4) is 23.0 Å². The van der Waals surface area contributed by atoms with Gasteiger partial charge < -0.3 is 5.73 Å². The molecular formula is C24H16N6O. The molecule has 0 saturated carbocycles. The van der Waals surface area contributed by atoms with Gasteiger partial charge in [0, 0.05) is 35.1 Å². The lowest BCUT2D eigenvalue weighted by molar-refractivity contribution is 1.04. The van der Waals surface area contributed by atoms with Gasteiger partial charge >= 0.3 is 0 Å². The maximum absolute atomic E-state index is 12.9. The summed E-state index contributed by atoms with van der Waals surface area (Å²) in [6, 6.07) is 18.1. The topological polar surface area (TPSA) is 110 Å². The highest BCUT2D eigenvalue weighted by atomic mass is 16.1. The van der Waals surface area contributed by atoms with Crippen molar-refractivity contribution in [1.82, 2.24) is 19.5 Å². The molecule has 0 radical (unpaired) electrons. The van der Waals surface area contributed by atoms with E-state index in [0.29, 0.717) is 39.3 Å². The van der Waals surface area contributed by atoms with Gasteiger partial charge in [-0.3, -0.25) is 14.3 Å². The van der Waals surface area contributed by atoms with Crippen LogP contribution in [0.3, 0.4) is 0 Å². The molecule has 31 heavy (non-hydrogen) atoms. The molecule has 7 nitrogen and oxygen atoms in total. The lowest BCUT2D eigenvalue weighted by Crippen LogP contribution is -2.18. The number of hydrogen-bond donors (Lipinski definition) is 1. The maximum atomic E-state index is 12.9. The summed E-state index contributed by atoms with van der Waals surface area (Å²) >= 11 is 0. The molecule has 0 bridgehead atoms. The van der Waals surface area contributed by atoms with Crippen molar-refractivity contribution in [3.05, 3.63) is 88.6 Å². The van der Waals surface area contributed by atoms with Gasteiger partial charge in [0.25, 0.3) is 5.56 Å². The van der Waals surface area contributed by atoms with Gasteiger partial charge in [0.1, 0.15) is 17.3 Å². The molecule has 0 aliphatic heterocycles. The first-order chi connectivity index (χ1) is 15.0. The molecule has 0 saturated heterocycles. The van der Waals surface area contributed by atoms with E-state index in [2.05, 4.69) is 16.0 Å². The Hall–Kier alpha value is -4.57. The molecule has 148 valence electrons. The summed E-state index contributed by atoms with van der Waals surface area (Å²) in [5.41, 5.74) is 11.5. The van der Waals surface area contributed by atoms with Crippen molar-refractivity contribution >= 4 is 27.6 Å². The predicted molar refractivity (Wildman–Crippen MR) is 120 cm³/mol. The first-order valence-corrected chi connectivity index (χ1v) is 9.60. The quantitative estimate of drug-likeness (QED) is 0.354. The minimum absolute atomic E-state index is 0.186. The lowest BCUT2D eigenvalue weighted by atomic mass is 10.1. The third-order valence-corrected chi connectivity index (χ3v) is 5.17. The van der Waals surface area contributed by atoms with Crippen molar-refractivity contribution in [2.75, 3.05) is 5.73 Å². The number of rotatable bonds is 2. The second-order valence-corrected chi connectivity index (χ2v) is 7.23. The number of benzene rings is 1. The van der Waals surface area contributed by atoms with Gasteiger partial charge in [0.15, 0.2) is 0 Å². The van der Waals surface area contributed by atoms with Gasteiger partial charge in [0.05, 0.1) is 22.4 Å². The number of nitrogens with zero attached hydrogens (tertiary/aromatic N) is 5. The van der Waals surface area contributed by atoms with Crippen molar-refractivity contribution in [2.45, 2.75) is 6.92 Å². The van der Waals surface area contributed by atoms with Crippen molar-refractivity contribution in [3.63, 3.8) is 0 Å². The van der Waals surface area contributed by atoms with E-state index < -0.39 is 0 Å². The van der Waals surface area contributed by atoms with Crippen LogP contribution in [-0.4, -0.2) is 19.5 Å². The highest BCUT2D eigenvalue weighted by molar-refractivity contribution is 6.02. The molecule has 4 aromatic heterocycles. The van der Waals surface area contributed by atoms with Gasteiger partial charge in [-0.05, 0) is 55.0 Å². The molecule has 0 fully saturated rings. The Labute approximate surface area is 177 Å². The van der Waals surface area contributed by atoms with E-state index >= 15 is 0 Å². The van der Waals surface area contributed by atoms with Gasteiger partial charge in [-0.1, -0.05) is 6.07 Å². The maximum Gasteiger partial charge on any atom is 0.255 e. The third-order valence-electron chi connectivity index (χ3n) is 5.17. The van der Waals surface area contributed by atoms with Crippen LogP contribution in [0.15, 0.2) is 71.8 Å². The fourth-order valence-corrected chi connectivity index (χ4v) is 3.68. The molecule has 4 heterocycles. The van der Waals surface area contributed by atoms with E-state index in [1.807, 2.05) is 37.3 Å². The zero-order chi connectivity index (χ0) is 21.5. The molecule has 5 aromatic rings. The van der Waals surface area contributed by atoms with Crippen LogP contribution in [0.2, 0.25) is 0 Å². The fourth-order valence-electron chi connectivity index (χ4n) is 3.68. The van der Waals surface area contributed by atoms with Crippen LogP contribution in [0, 0.1) is 18.3 Å². The van der Waals surface area contributed by atoms with Gasteiger partial charge in [0.2, 0.25) is 0 Å². The molecule has 0 spiro atoms. The summed E-state index contributed by atoms with van der Waals surface area (Å²) in [7, 11) is 0. The van der Waals surface area contributed by atoms with E-state index in [-0.39, 0.29) is 5.56 Å². The zero-order valence-electron chi connectivity index (χ0n) is 16.6. The van der Waals surface area contributed by atoms with E-state index in [0.717, 1.165) is 16.5 Å². The van der Waals surface area contributed by atoms with Crippen molar-refractivity contribution in [2.24, 2.45) is 0 Å². The van der Waals surface area contributed by atoms with E-state index in [1.165, 1.54) is 6.07 Å². The van der Waals surface area contributed by atoms with Crippen LogP contribution in [-0.2, 0) is 0 Å². The molecule has 1 aromatic carbocycles. The number of nitrogen functional groups attached to an aromatic ring is 1. The molecule has 0 amide bonds. The first kappa shape index (κ1) is 18.5. The van der Waals surface area contributed by atoms with Crippen molar-refractivity contribution in [1.29, 1.82) is 5.26 Å². The number of hydrogen-bond acceptors (Lipinski definition) is 6. The standard InChI is InChI=1S/C24H16N6O/c1-14-9-16(13-28-21(14)11-25)19-6-7-20-23(29-19)24-15(12-27-20)5-8-22(31)30(24)18-4-2-3-17(26)10-18/h2-10,12-13H,26H2,1H3. The average molecular weight is 404 g/mol. The normalized spacial score (nSPS) is 11.0. The smallest absolute Gasteiger partial charge is 0.255 e. The molecular weight excluding hydrogens is 388 g/mol. The summed E-state index contributed by atoms with van der Waals surface area (Å²) in [5, 5.41) is 9.93. The number of pyridine rings is 4. The first-order valence-electron chi connectivity index (χ1n) is 9.60. The molecule has 0 aliphatic carbocycles. The van der Waals surface area contributed by atoms with Gasteiger partial charge in [-0.15, -0.1) is 0 Å². The van der Waals surface area contributed by atoms with Gasteiger partial charge in [-0.25, -0.2) is 9.97 Å². The Morgan fingerprint density at radius 3 is 2.68 bits per heavy atom. The van der Waals surface area contributed by atoms with Gasteiger partial charge in [-0.2, -0.15) is 5.26 Å². The second-order valence-electron chi connectivity index (χ2n) is 7.23. The number of anilines is 1. The molecule has 0 aliphatic rings. The Balaban J connectivity index is 1.84. The van der Waals surface area contributed by atoms with E-state index in [4.69, 9.17) is 16.0 Å². The molecule has 2 N–H and O–H groups in total. The van der Waals surface area contributed by atoms with Crippen LogP contribution in [0.5, 0.6) is 0 Å². The third kappa shape index (κ3) is 3.07. The van der Waals surface area contributed by atoms with Crippen LogP contribution in [0.25, 0.3) is 38.9 Å². The minimum atomic E-state index is -0.186. The fraction of sp³-hybridized carbons (Fsp3) is 0.0417. The Morgan fingerprint density at radius 1 is 1.03 bits per heavy atom. The highest BCUT2D eigenvalue weighted by Crippen LogP contribution is 2.27. The SMILES string of the molecule is Cc1cc(-c2ccc3ncc4ccc(=O)n(-c5cccc(N)c5)c4c3n2)cnc1C#N.